The van der Waals surface area contributed by atoms with Crippen molar-refractivity contribution in [1.29, 1.82) is 0 Å². The highest BCUT2D eigenvalue weighted by molar-refractivity contribution is 5.72. The highest BCUT2D eigenvalue weighted by atomic mass is 16.5. The largest absolute Gasteiger partial charge is 0.504 e. The number of carbonyl (C=O) groups is 1. The maximum atomic E-state index is 10.5. The zero-order valence-electron chi connectivity index (χ0n) is 8.88. The quantitative estimate of drug-likeness (QED) is 0.690. The number of ether oxygens (including phenoxy) is 1. The molecule has 0 aliphatic carbocycles. The van der Waals surface area contributed by atoms with Gasteiger partial charge in [-0.3, -0.25) is 0 Å². The second kappa shape index (κ2) is 5.37. The molecule has 0 aliphatic heterocycles. The summed E-state index contributed by atoms with van der Waals surface area (Å²) in [6.07, 6.45) is -1.46. The van der Waals surface area contributed by atoms with Crippen molar-refractivity contribution in [3.63, 3.8) is 0 Å². The number of aromatic hydroxyl groups is 1. The number of hydrogen-bond donors (Lipinski definition) is 3. The molecule has 0 aromatic heterocycles. The van der Waals surface area contributed by atoms with Crippen LogP contribution in [0.4, 0.5) is 0 Å². The molecule has 0 bridgehead atoms. The first-order valence-electron chi connectivity index (χ1n) is 4.90. The number of aliphatic hydroxyl groups excluding tert-OH is 1. The third-order valence-corrected chi connectivity index (χ3v) is 2.04. The van der Waals surface area contributed by atoms with Gasteiger partial charge in [-0.25, -0.2) is 4.79 Å². The standard InChI is InChI=1S/C11H14O5/c1-2-16-10-6-7(3-4-8(10)12)5-9(13)11(14)15/h3-4,6,9,12-13H,2,5H2,1H3,(H,14,15)/t9-/m0/s1. The molecule has 0 saturated heterocycles. The molecule has 3 N–H and O–H groups in total. The van der Waals surface area contributed by atoms with Gasteiger partial charge in [-0.1, -0.05) is 6.07 Å². The van der Waals surface area contributed by atoms with E-state index in [1.807, 2.05) is 0 Å². The monoisotopic (exact) mass is 226 g/mol. The van der Waals surface area contributed by atoms with Crippen molar-refractivity contribution in [2.45, 2.75) is 19.4 Å². The number of hydrogen-bond acceptors (Lipinski definition) is 4. The molecule has 5 heteroatoms. The number of aliphatic carboxylic acids is 1. The van der Waals surface area contributed by atoms with Gasteiger partial charge in [0.15, 0.2) is 17.6 Å². The molecule has 0 fully saturated rings. The Hall–Kier alpha value is -1.75. The van der Waals surface area contributed by atoms with Crippen LogP contribution in [0, 0.1) is 0 Å². The molecule has 1 rings (SSSR count). The van der Waals surface area contributed by atoms with Gasteiger partial charge >= 0.3 is 5.97 Å². The SMILES string of the molecule is CCOc1cc(C[C@H](O)C(=O)O)ccc1O. The smallest absolute Gasteiger partial charge is 0.332 e. The second-order valence-corrected chi connectivity index (χ2v) is 3.29. The highest BCUT2D eigenvalue weighted by Gasteiger charge is 2.14. The molecular formula is C11H14O5. The van der Waals surface area contributed by atoms with Gasteiger partial charge in [-0.05, 0) is 24.6 Å². The number of phenols is 1. The summed E-state index contributed by atoms with van der Waals surface area (Å²) in [6.45, 7) is 2.18. The molecule has 5 nitrogen and oxygen atoms in total. The van der Waals surface area contributed by atoms with Gasteiger partial charge in [-0.2, -0.15) is 0 Å². The maximum Gasteiger partial charge on any atom is 0.332 e. The molecule has 1 aromatic carbocycles. The van der Waals surface area contributed by atoms with Gasteiger partial charge in [0.05, 0.1) is 6.61 Å². The zero-order valence-corrected chi connectivity index (χ0v) is 8.88. The van der Waals surface area contributed by atoms with Gasteiger partial charge in [0.2, 0.25) is 0 Å². The van der Waals surface area contributed by atoms with Crippen molar-refractivity contribution in [2.24, 2.45) is 0 Å². The lowest BCUT2D eigenvalue weighted by Crippen LogP contribution is -2.21. The van der Waals surface area contributed by atoms with Crippen LogP contribution in [-0.2, 0) is 11.2 Å². The molecule has 16 heavy (non-hydrogen) atoms. The average molecular weight is 226 g/mol. The highest BCUT2D eigenvalue weighted by Crippen LogP contribution is 2.27. The van der Waals surface area contributed by atoms with E-state index >= 15 is 0 Å². The maximum absolute atomic E-state index is 10.5. The van der Waals surface area contributed by atoms with E-state index < -0.39 is 12.1 Å². The van der Waals surface area contributed by atoms with Crippen LogP contribution >= 0.6 is 0 Å². The number of benzene rings is 1. The second-order valence-electron chi connectivity index (χ2n) is 3.29. The number of rotatable bonds is 5. The molecule has 1 atom stereocenters. The van der Waals surface area contributed by atoms with Crippen LogP contribution in [0.25, 0.3) is 0 Å². The molecule has 0 aliphatic rings. The van der Waals surface area contributed by atoms with Crippen LogP contribution in [-0.4, -0.2) is 34.0 Å². The third kappa shape index (κ3) is 3.13. The molecule has 0 spiro atoms. The van der Waals surface area contributed by atoms with Gasteiger partial charge in [-0.15, -0.1) is 0 Å². The molecule has 0 radical (unpaired) electrons. The Morgan fingerprint density at radius 1 is 1.50 bits per heavy atom. The number of carboxylic acids is 1. The van der Waals surface area contributed by atoms with Crippen molar-refractivity contribution in [3.05, 3.63) is 23.8 Å². The van der Waals surface area contributed by atoms with Crippen LogP contribution in [0.5, 0.6) is 11.5 Å². The number of carboxylic acid groups (broad SMARTS) is 1. The van der Waals surface area contributed by atoms with Crippen LogP contribution in [0.2, 0.25) is 0 Å². The Balaban J connectivity index is 2.82. The van der Waals surface area contributed by atoms with Crippen molar-refractivity contribution in [2.75, 3.05) is 6.61 Å². The summed E-state index contributed by atoms with van der Waals surface area (Å²) in [5.41, 5.74) is 0.594. The Bertz CT molecular complexity index is 375. The van der Waals surface area contributed by atoms with E-state index in [0.717, 1.165) is 0 Å². The van der Waals surface area contributed by atoms with E-state index in [-0.39, 0.29) is 17.9 Å². The van der Waals surface area contributed by atoms with Crippen LogP contribution in [0.15, 0.2) is 18.2 Å². The van der Waals surface area contributed by atoms with E-state index in [2.05, 4.69) is 0 Å². The summed E-state index contributed by atoms with van der Waals surface area (Å²) in [5, 5.41) is 27.1. The number of aliphatic hydroxyl groups is 1. The minimum atomic E-state index is -1.45. The predicted octanol–water partition coefficient (Wildman–Crippen LogP) is 0.779. The van der Waals surface area contributed by atoms with Crippen LogP contribution in [0.1, 0.15) is 12.5 Å². The van der Waals surface area contributed by atoms with Crippen molar-refractivity contribution in [3.8, 4) is 11.5 Å². The first-order valence-corrected chi connectivity index (χ1v) is 4.90. The van der Waals surface area contributed by atoms with Gasteiger partial charge < -0.3 is 20.1 Å². The minimum Gasteiger partial charge on any atom is -0.504 e. The Kier molecular flexibility index (Phi) is 4.13. The minimum absolute atomic E-state index is 0.00425. The summed E-state index contributed by atoms with van der Waals surface area (Å²) < 4.78 is 5.14. The van der Waals surface area contributed by atoms with E-state index in [9.17, 15) is 9.90 Å². The van der Waals surface area contributed by atoms with E-state index in [4.69, 9.17) is 14.9 Å². The Morgan fingerprint density at radius 2 is 2.19 bits per heavy atom. The fourth-order valence-corrected chi connectivity index (χ4v) is 1.27. The lowest BCUT2D eigenvalue weighted by atomic mass is 10.1. The summed E-state index contributed by atoms with van der Waals surface area (Å²) in [6, 6.07) is 4.48. The molecule has 0 saturated carbocycles. The Morgan fingerprint density at radius 3 is 2.75 bits per heavy atom. The lowest BCUT2D eigenvalue weighted by Gasteiger charge is -2.09. The molecule has 0 heterocycles. The molecule has 0 unspecified atom stereocenters. The first kappa shape index (κ1) is 12.3. The summed E-state index contributed by atoms with van der Waals surface area (Å²) in [5.74, 6) is -0.987. The summed E-state index contributed by atoms with van der Waals surface area (Å²) >= 11 is 0. The van der Waals surface area contributed by atoms with Gasteiger partial charge in [0, 0.05) is 6.42 Å². The van der Waals surface area contributed by atoms with Crippen molar-refractivity contribution in [1.82, 2.24) is 0 Å². The van der Waals surface area contributed by atoms with E-state index in [1.165, 1.54) is 12.1 Å². The number of phenolic OH excluding ortho intramolecular Hbond substituents is 1. The molecule has 1 aromatic rings. The molecule has 88 valence electrons. The van der Waals surface area contributed by atoms with Gasteiger partial charge in [0.1, 0.15) is 0 Å². The first-order chi connectivity index (χ1) is 7.54. The fourth-order valence-electron chi connectivity index (χ4n) is 1.27. The van der Waals surface area contributed by atoms with Gasteiger partial charge in [0.25, 0.3) is 0 Å². The van der Waals surface area contributed by atoms with E-state index in [1.54, 1.807) is 13.0 Å². The van der Waals surface area contributed by atoms with Crippen molar-refractivity contribution < 1.29 is 24.9 Å². The normalized spacial score (nSPS) is 12.1. The fraction of sp³-hybridized carbons (Fsp3) is 0.364. The van der Waals surface area contributed by atoms with Crippen molar-refractivity contribution >= 4 is 5.97 Å². The molecule has 0 amide bonds. The Labute approximate surface area is 92.9 Å². The average Bonchev–Trinajstić information content (AvgIpc) is 2.23. The summed E-state index contributed by atoms with van der Waals surface area (Å²) in [7, 11) is 0. The molecular weight excluding hydrogens is 212 g/mol. The lowest BCUT2D eigenvalue weighted by molar-refractivity contribution is -0.146. The summed E-state index contributed by atoms with van der Waals surface area (Å²) in [4.78, 5) is 10.5. The zero-order chi connectivity index (χ0) is 12.1. The third-order valence-electron chi connectivity index (χ3n) is 2.04. The predicted molar refractivity (Wildman–Crippen MR) is 56.6 cm³/mol. The van der Waals surface area contributed by atoms with E-state index in [0.29, 0.717) is 12.2 Å². The van der Waals surface area contributed by atoms with Crippen LogP contribution in [0.3, 0.4) is 0 Å². The van der Waals surface area contributed by atoms with Crippen LogP contribution < -0.4 is 4.74 Å². The topological polar surface area (TPSA) is 87.0 Å².